The number of aliphatic imine (C=N–C) groups is 1. The van der Waals surface area contributed by atoms with E-state index in [0.717, 1.165) is 29.5 Å². The zero-order valence-electron chi connectivity index (χ0n) is 15.5. The highest BCUT2D eigenvalue weighted by Crippen LogP contribution is 2.14. The van der Waals surface area contributed by atoms with Crippen molar-refractivity contribution in [3.05, 3.63) is 70.2 Å². The molecular weight excluding hydrogens is 360 g/mol. The number of benzene rings is 2. The van der Waals surface area contributed by atoms with Gasteiger partial charge in [-0.3, -0.25) is 9.79 Å². The molecule has 1 aliphatic heterocycles. The molecule has 27 heavy (non-hydrogen) atoms. The van der Waals surface area contributed by atoms with E-state index in [9.17, 15) is 4.79 Å². The molecule has 2 aromatic carbocycles. The Morgan fingerprint density at radius 1 is 1.00 bits per heavy atom. The van der Waals surface area contributed by atoms with Gasteiger partial charge in [-0.2, -0.15) is 0 Å². The number of nitrogens with zero attached hydrogens (tertiary/aromatic N) is 2. The Morgan fingerprint density at radius 2 is 1.56 bits per heavy atom. The molecule has 6 heteroatoms. The molecule has 3 rings (SSSR count). The van der Waals surface area contributed by atoms with Crippen LogP contribution in [-0.4, -0.2) is 30.4 Å². The fourth-order valence-electron chi connectivity index (χ4n) is 3.05. The van der Waals surface area contributed by atoms with Crippen LogP contribution in [0.25, 0.3) is 0 Å². The summed E-state index contributed by atoms with van der Waals surface area (Å²) in [5, 5.41) is 7.34. The van der Waals surface area contributed by atoms with Gasteiger partial charge in [0, 0.05) is 44.7 Å². The molecule has 142 valence electrons. The van der Waals surface area contributed by atoms with Gasteiger partial charge in [-0.15, -0.1) is 0 Å². The van der Waals surface area contributed by atoms with E-state index < -0.39 is 0 Å². The Bertz CT molecular complexity index is 787. The topological polar surface area (TPSA) is 56.7 Å². The Balaban J connectivity index is 1.46. The molecule has 2 N–H and O–H groups in total. The van der Waals surface area contributed by atoms with E-state index in [4.69, 9.17) is 11.6 Å². The van der Waals surface area contributed by atoms with Crippen LogP contribution < -0.4 is 10.6 Å². The lowest BCUT2D eigenvalue weighted by Gasteiger charge is -2.16. The highest BCUT2D eigenvalue weighted by molar-refractivity contribution is 6.30. The number of hydrogen-bond acceptors (Lipinski definition) is 2. The number of amides is 1. The van der Waals surface area contributed by atoms with Crippen LogP contribution in [0.3, 0.4) is 0 Å². The van der Waals surface area contributed by atoms with Gasteiger partial charge in [0.05, 0.1) is 0 Å². The van der Waals surface area contributed by atoms with Crippen LogP contribution in [0, 0.1) is 0 Å². The van der Waals surface area contributed by atoms with Crippen LogP contribution in [0.1, 0.15) is 29.5 Å². The minimum absolute atomic E-state index is 0.260. The van der Waals surface area contributed by atoms with Crippen molar-refractivity contribution >= 4 is 23.5 Å². The van der Waals surface area contributed by atoms with Gasteiger partial charge in [-0.25, -0.2) is 0 Å². The number of nitrogens with one attached hydrogen (secondary N) is 2. The van der Waals surface area contributed by atoms with Crippen LogP contribution in [0.2, 0.25) is 5.02 Å². The Kier molecular flexibility index (Phi) is 6.71. The van der Waals surface area contributed by atoms with Gasteiger partial charge in [-0.1, -0.05) is 48.0 Å². The van der Waals surface area contributed by atoms with Crippen LogP contribution in [0.4, 0.5) is 0 Å². The van der Waals surface area contributed by atoms with Crippen LogP contribution in [0.5, 0.6) is 0 Å². The number of likely N-dealkylation sites (tertiary alicyclic amines) is 1. The van der Waals surface area contributed by atoms with Gasteiger partial charge in [0.15, 0.2) is 5.96 Å². The van der Waals surface area contributed by atoms with Gasteiger partial charge in [0.25, 0.3) is 0 Å². The molecule has 1 fully saturated rings. The third kappa shape index (κ3) is 5.73. The van der Waals surface area contributed by atoms with E-state index in [0.29, 0.717) is 26.1 Å². The molecule has 1 aliphatic rings. The number of guanidine groups is 1. The van der Waals surface area contributed by atoms with Crippen molar-refractivity contribution in [2.24, 2.45) is 4.99 Å². The SMILES string of the molecule is CN=C(NCc1ccc(Cl)cc1)NCc1ccc(CN2CCCC2=O)cc1. The maximum absolute atomic E-state index is 11.7. The van der Waals surface area contributed by atoms with Crippen molar-refractivity contribution in [2.75, 3.05) is 13.6 Å². The van der Waals surface area contributed by atoms with E-state index in [1.165, 1.54) is 11.1 Å². The third-order valence-electron chi connectivity index (χ3n) is 4.62. The number of halogens is 1. The molecule has 0 atom stereocenters. The molecule has 1 heterocycles. The first-order chi connectivity index (χ1) is 13.1. The van der Waals surface area contributed by atoms with Crippen molar-refractivity contribution in [2.45, 2.75) is 32.5 Å². The zero-order valence-corrected chi connectivity index (χ0v) is 16.3. The number of carbonyl (C=O) groups excluding carboxylic acids is 1. The van der Waals surface area contributed by atoms with Gasteiger partial charge < -0.3 is 15.5 Å². The molecule has 1 saturated heterocycles. The van der Waals surface area contributed by atoms with Crippen molar-refractivity contribution in [3.63, 3.8) is 0 Å². The van der Waals surface area contributed by atoms with Crippen molar-refractivity contribution in [3.8, 4) is 0 Å². The standard InChI is InChI=1S/C21H25ClN4O/c1-23-21(25-14-17-8-10-19(22)11-9-17)24-13-16-4-6-18(7-5-16)15-26-12-2-3-20(26)27/h4-11H,2-3,12-15H2,1H3,(H2,23,24,25). The molecule has 0 bridgehead atoms. The monoisotopic (exact) mass is 384 g/mol. The molecule has 1 amide bonds. The number of rotatable bonds is 6. The van der Waals surface area contributed by atoms with E-state index in [1.54, 1.807) is 7.05 Å². The Morgan fingerprint density at radius 3 is 2.07 bits per heavy atom. The summed E-state index contributed by atoms with van der Waals surface area (Å²) in [5.74, 6) is 1.01. The van der Waals surface area contributed by atoms with Crippen LogP contribution in [0.15, 0.2) is 53.5 Å². The smallest absolute Gasteiger partial charge is 0.222 e. The molecule has 0 radical (unpaired) electrons. The Hall–Kier alpha value is -2.53. The average molecular weight is 385 g/mol. The first-order valence-electron chi connectivity index (χ1n) is 9.18. The lowest BCUT2D eigenvalue weighted by Crippen LogP contribution is -2.36. The Labute approximate surface area is 165 Å². The fourth-order valence-corrected chi connectivity index (χ4v) is 3.17. The summed E-state index contributed by atoms with van der Waals surface area (Å²) < 4.78 is 0. The normalized spacial score (nSPS) is 14.5. The first-order valence-corrected chi connectivity index (χ1v) is 9.56. The molecule has 0 aromatic heterocycles. The summed E-state index contributed by atoms with van der Waals surface area (Å²) in [6.07, 6.45) is 1.66. The second kappa shape index (κ2) is 9.42. The highest BCUT2D eigenvalue weighted by atomic mass is 35.5. The lowest BCUT2D eigenvalue weighted by molar-refractivity contribution is -0.128. The predicted molar refractivity (Wildman–Crippen MR) is 110 cm³/mol. The number of carbonyl (C=O) groups is 1. The molecule has 0 unspecified atom stereocenters. The summed E-state index contributed by atoms with van der Waals surface area (Å²) >= 11 is 5.91. The van der Waals surface area contributed by atoms with E-state index >= 15 is 0 Å². The summed E-state index contributed by atoms with van der Waals surface area (Å²) in [5.41, 5.74) is 3.48. The minimum atomic E-state index is 0.260. The lowest BCUT2D eigenvalue weighted by atomic mass is 10.1. The fraction of sp³-hybridized carbons (Fsp3) is 0.333. The molecule has 0 saturated carbocycles. The summed E-state index contributed by atoms with van der Waals surface area (Å²) in [7, 11) is 1.76. The molecule has 0 aliphatic carbocycles. The number of hydrogen-bond donors (Lipinski definition) is 2. The van der Waals surface area contributed by atoms with Crippen molar-refractivity contribution in [1.29, 1.82) is 0 Å². The summed E-state index contributed by atoms with van der Waals surface area (Å²) in [4.78, 5) is 17.9. The van der Waals surface area contributed by atoms with Crippen molar-refractivity contribution < 1.29 is 4.79 Å². The second-order valence-electron chi connectivity index (χ2n) is 6.64. The molecule has 0 spiro atoms. The van der Waals surface area contributed by atoms with E-state index in [1.807, 2.05) is 29.2 Å². The largest absolute Gasteiger partial charge is 0.352 e. The van der Waals surface area contributed by atoms with Gasteiger partial charge in [0.2, 0.25) is 5.91 Å². The summed E-state index contributed by atoms with van der Waals surface area (Å²) in [6.45, 7) is 2.94. The quantitative estimate of drug-likeness (QED) is 0.593. The average Bonchev–Trinajstić information content (AvgIpc) is 3.09. The third-order valence-corrected chi connectivity index (χ3v) is 4.88. The predicted octanol–water partition coefficient (Wildman–Crippen LogP) is 3.33. The van der Waals surface area contributed by atoms with Gasteiger partial charge in [0.1, 0.15) is 0 Å². The van der Waals surface area contributed by atoms with Crippen molar-refractivity contribution in [1.82, 2.24) is 15.5 Å². The molecule has 5 nitrogen and oxygen atoms in total. The van der Waals surface area contributed by atoms with Gasteiger partial charge >= 0.3 is 0 Å². The maximum Gasteiger partial charge on any atom is 0.222 e. The second-order valence-corrected chi connectivity index (χ2v) is 7.08. The first kappa shape index (κ1) is 19.2. The minimum Gasteiger partial charge on any atom is -0.352 e. The summed E-state index contributed by atoms with van der Waals surface area (Å²) in [6, 6.07) is 16.1. The zero-order chi connectivity index (χ0) is 19.1. The van der Waals surface area contributed by atoms with Crippen LogP contribution >= 0.6 is 11.6 Å². The molecular formula is C21H25ClN4O. The highest BCUT2D eigenvalue weighted by Gasteiger charge is 2.19. The van der Waals surface area contributed by atoms with Gasteiger partial charge in [-0.05, 0) is 35.2 Å². The molecule has 2 aromatic rings. The van der Waals surface area contributed by atoms with E-state index in [2.05, 4.69) is 39.9 Å². The maximum atomic E-state index is 11.7. The van der Waals surface area contributed by atoms with E-state index in [-0.39, 0.29) is 5.91 Å². The van der Waals surface area contributed by atoms with Crippen LogP contribution in [-0.2, 0) is 24.4 Å².